The van der Waals surface area contributed by atoms with Crippen molar-refractivity contribution in [1.82, 2.24) is 5.32 Å². The second-order valence-electron chi connectivity index (χ2n) is 4.41. The number of nitrogens with one attached hydrogen (secondary N) is 1. The molecule has 0 spiro atoms. The smallest absolute Gasteiger partial charge is 0.323 e. The summed E-state index contributed by atoms with van der Waals surface area (Å²) in [5.41, 5.74) is -1.46. The van der Waals surface area contributed by atoms with Crippen molar-refractivity contribution in [3.05, 3.63) is 35.9 Å². The van der Waals surface area contributed by atoms with Crippen LogP contribution in [0, 0.1) is 0 Å². The Labute approximate surface area is 105 Å². The monoisotopic (exact) mass is 257 g/mol. The zero-order valence-corrected chi connectivity index (χ0v) is 10.4. The van der Waals surface area contributed by atoms with E-state index in [0.717, 1.165) is 0 Å². The van der Waals surface area contributed by atoms with Crippen molar-refractivity contribution in [3.8, 4) is 0 Å². The molecule has 1 aromatic carbocycles. The number of hydrogen-bond acceptors (Lipinski definition) is 2. The zero-order chi connectivity index (χ0) is 13.8. The number of alkyl halides is 2. The van der Waals surface area contributed by atoms with Gasteiger partial charge in [0.05, 0.1) is 6.54 Å². The Kier molecular flexibility index (Phi) is 4.40. The molecular weight excluding hydrogens is 240 g/mol. The molecule has 0 radical (unpaired) electrons. The summed E-state index contributed by atoms with van der Waals surface area (Å²) < 4.78 is 27.7. The molecule has 0 saturated heterocycles. The van der Waals surface area contributed by atoms with Gasteiger partial charge >= 0.3 is 5.97 Å². The Morgan fingerprint density at radius 2 is 1.89 bits per heavy atom. The number of hydrogen-bond donors (Lipinski definition) is 2. The fraction of sp³-hybridized carbons (Fsp3) is 0.462. The van der Waals surface area contributed by atoms with Crippen molar-refractivity contribution >= 4 is 5.97 Å². The summed E-state index contributed by atoms with van der Waals surface area (Å²) in [4.78, 5) is 11.0. The molecule has 0 amide bonds. The Bertz CT molecular complexity index is 409. The van der Waals surface area contributed by atoms with Gasteiger partial charge in [-0.1, -0.05) is 37.3 Å². The molecule has 1 rings (SSSR count). The van der Waals surface area contributed by atoms with Crippen LogP contribution < -0.4 is 5.32 Å². The molecule has 0 aliphatic heterocycles. The van der Waals surface area contributed by atoms with E-state index in [1.807, 2.05) is 0 Å². The molecule has 3 nitrogen and oxygen atoms in total. The van der Waals surface area contributed by atoms with Gasteiger partial charge in [0.25, 0.3) is 5.92 Å². The molecule has 1 atom stereocenters. The van der Waals surface area contributed by atoms with Crippen LogP contribution in [0.15, 0.2) is 30.3 Å². The predicted molar refractivity (Wildman–Crippen MR) is 64.7 cm³/mol. The van der Waals surface area contributed by atoms with E-state index in [1.165, 1.54) is 31.2 Å². The molecule has 0 aromatic heterocycles. The quantitative estimate of drug-likeness (QED) is 0.823. The van der Waals surface area contributed by atoms with Crippen LogP contribution in [0.5, 0.6) is 0 Å². The van der Waals surface area contributed by atoms with Crippen molar-refractivity contribution in [2.45, 2.75) is 31.7 Å². The summed E-state index contributed by atoms with van der Waals surface area (Å²) in [6.45, 7) is 2.34. The highest BCUT2D eigenvalue weighted by atomic mass is 19.3. The number of rotatable bonds is 6. The maximum atomic E-state index is 13.8. The van der Waals surface area contributed by atoms with E-state index in [4.69, 9.17) is 5.11 Å². The molecule has 0 aliphatic rings. The number of halogens is 2. The van der Waals surface area contributed by atoms with Crippen LogP contribution in [-0.2, 0) is 10.7 Å². The fourth-order valence-corrected chi connectivity index (χ4v) is 1.44. The minimum Gasteiger partial charge on any atom is -0.480 e. The van der Waals surface area contributed by atoms with E-state index >= 15 is 0 Å². The first-order valence-corrected chi connectivity index (χ1v) is 5.73. The summed E-state index contributed by atoms with van der Waals surface area (Å²) in [6, 6.07) is 7.36. The molecule has 0 fully saturated rings. The van der Waals surface area contributed by atoms with E-state index < -0.39 is 24.0 Å². The van der Waals surface area contributed by atoms with Crippen LogP contribution in [0.2, 0.25) is 0 Å². The van der Waals surface area contributed by atoms with Gasteiger partial charge in [0, 0.05) is 5.56 Å². The van der Waals surface area contributed by atoms with Gasteiger partial charge in [0.2, 0.25) is 0 Å². The van der Waals surface area contributed by atoms with Crippen LogP contribution in [0.1, 0.15) is 25.8 Å². The first-order valence-electron chi connectivity index (χ1n) is 5.73. The third-order valence-electron chi connectivity index (χ3n) is 3.08. The Balaban J connectivity index is 2.76. The minimum absolute atomic E-state index is 0.124. The lowest BCUT2D eigenvalue weighted by molar-refractivity contribution is -0.145. The third-order valence-corrected chi connectivity index (χ3v) is 3.08. The van der Waals surface area contributed by atoms with Gasteiger partial charge in [-0.3, -0.25) is 10.1 Å². The van der Waals surface area contributed by atoms with Gasteiger partial charge in [-0.25, -0.2) is 0 Å². The van der Waals surface area contributed by atoms with Crippen LogP contribution in [0.25, 0.3) is 0 Å². The molecule has 0 heterocycles. The third kappa shape index (κ3) is 3.26. The first-order chi connectivity index (χ1) is 8.32. The summed E-state index contributed by atoms with van der Waals surface area (Å²) in [6.07, 6.45) is 0.229. The Morgan fingerprint density at radius 3 is 2.33 bits per heavy atom. The van der Waals surface area contributed by atoms with Crippen molar-refractivity contribution in [2.24, 2.45) is 0 Å². The first kappa shape index (κ1) is 14.6. The number of aliphatic carboxylic acids is 1. The lowest BCUT2D eigenvalue weighted by Crippen LogP contribution is -2.52. The second-order valence-corrected chi connectivity index (χ2v) is 4.41. The number of carboxylic acid groups (broad SMARTS) is 1. The van der Waals surface area contributed by atoms with Gasteiger partial charge in [-0.15, -0.1) is 0 Å². The summed E-state index contributed by atoms with van der Waals surface area (Å²) >= 11 is 0. The molecule has 1 unspecified atom stereocenters. The average molecular weight is 257 g/mol. The SMILES string of the molecule is CCC(C)(NCC(F)(F)c1ccccc1)C(=O)O. The highest BCUT2D eigenvalue weighted by Crippen LogP contribution is 2.27. The minimum atomic E-state index is -3.09. The number of carbonyl (C=O) groups is 1. The molecule has 5 heteroatoms. The van der Waals surface area contributed by atoms with Gasteiger partial charge in [0.15, 0.2) is 0 Å². The molecule has 0 aliphatic carbocycles. The van der Waals surface area contributed by atoms with E-state index in [-0.39, 0.29) is 12.0 Å². The van der Waals surface area contributed by atoms with Gasteiger partial charge in [-0.2, -0.15) is 8.78 Å². The Morgan fingerprint density at radius 1 is 1.33 bits per heavy atom. The topological polar surface area (TPSA) is 49.3 Å². The summed E-state index contributed by atoms with van der Waals surface area (Å²) in [5.74, 6) is -4.22. The number of carboxylic acids is 1. The van der Waals surface area contributed by atoms with Crippen molar-refractivity contribution in [1.29, 1.82) is 0 Å². The normalized spacial score (nSPS) is 15.1. The zero-order valence-electron chi connectivity index (χ0n) is 10.4. The predicted octanol–water partition coefficient (Wildman–Crippen LogP) is 2.62. The fourth-order valence-electron chi connectivity index (χ4n) is 1.44. The molecule has 100 valence electrons. The summed E-state index contributed by atoms with van der Waals surface area (Å²) in [7, 11) is 0. The van der Waals surface area contributed by atoms with E-state index in [2.05, 4.69) is 5.32 Å². The van der Waals surface area contributed by atoms with Gasteiger partial charge in [-0.05, 0) is 13.3 Å². The summed E-state index contributed by atoms with van der Waals surface area (Å²) in [5, 5.41) is 11.4. The van der Waals surface area contributed by atoms with Gasteiger partial charge < -0.3 is 5.11 Å². The van der Waals surface area contributed by atoms with Crippen molar-refractivity contribution in [2.75, 3.05) is 6.54 Å². The van der Waals surface area contributed by atoms with Crippen molar-refractivity contribution in [3.63, 3.8) is 0 Å². The number of benzene rings is 1. The Hall–Kier alpha value is -1.49. The average Bonchev–Trinajstić information content (AvgIpc) is 2.37. The largest absolute Gasteiger partial charge is 0.480 e. The molecule has 0 saturated carbocycles. The lowest BCUT2D eigenvalue weighted by atomic mass is 9.98. The maximum Gasteiger partial charge on any atom is 0.323 e. The molecule has 1 aromatic rings. The van der Waals surface area contributed by atoms with Crippen LogP contribution in [0.4, 0.5) is 8.78 Å². The highest BCUT2D eigenvalue weighted by Gasteiger charge is 2.37. The molecule has 2 N–H and O–H groups in total. The van der Waals surface area contributed by atoms with E-state index in [0.29, 0.717) is 0 Å². The van der Waals surface area contributed by atoms with Gasteiger partial charge in [0.1, 0.15) is 5.54 Å². The van der Waals surface area contributed by atoms with E-state index in [1.54, 1.807) is 13.0 Å². The van der Waals surface area contributed by atoms with Crippen LogP contribution >= 0.6 is 0 Å². The second kappa shape index (κ2) is 5.44. The lowest BCUT2D eigenvalue weighted by Gasteiger charge is -2.27. The molecule has 18 heavy (non-hydrogen) atoms. The highest BCUT2D eigenvalue weighted by molar-refractivity contribution is 5.78. The van der Waals surface area contributed by atoms with Crippen LogP contribution in [0.3, 0.4) is 0 Å². The van der Waals surface area contributed by atoms with Crippen LogP contribution in [-0.4, -0.2) is 23.2 Å². The van der Waals surface area contributed by atoms with E-state index in [9.17, 15) is 13.6 Å². The maximum absolute atomic E-state index is 13.8. The van der Waals surface area contributed by atoms with Crippen molar-refractivity contribution < 1.29 is 18.7 Å². The molecule has 0 bridgehead atoms. The standard InChI is InChI=1S/C13H17F2NO2/c1-3-12(2,11(17)18)16-9-13(14,15)10-7-5-4-6-8-10/h4-8,16H,3,9H2,1-2H3,(H,17,18). The molecular formula is C13H17F2NO2.